The number of hydrogen-bond donors (Lipinski definition) is 3. The standard InChI is InChI=1S/C14H15N3O4/c18-13(19)12(8-10-4-2-1-3-5-10)16-14(20)15-9-11-6-7-21-17-11/h1-7,12H,8-9H2,(H,18,19)(H2,15,16,20). The zero-order valence-electron chi connectivity index (χ0n) is 11.2. The fourth-order valence-electron chi connectivity index (χ4n) is 1.76. The summed E-state index contributed by atoms with van der Waals surface area (Å²) in [6.45, 7) is 0.167. The number of amides is 2. The summed E-state index contributed by atoms with van der Waals surface area (Å²) >= 11 is 0. The number of carbonyl (C=O) groups excluding carboxylic acids is 1. The monoisotopic (exact) mass is 289 g/mol. The van der Waals surface area contributed by atoms with E-state index in [1.807, 2.05) is 30.3 Å². The Kier molecular flexibility index (Phi) is 4.92. The summed E-state index contributed by atoms with van der Waals surface area (Å²) in [5, 5.41) is 17.7. The molecule has 1 heterocycles. The lowest BCUT2D eigenvalue weighted by molar-refractivity contribution is -0.139. The average molecular weight is 289 g/mol. The van der Waals surface area contributed by atoms with Gasteiger partial charge in [-0.05, 0) is 5.56 Å². The van der Waals surface area contributed by atoms with E-state index >= 15 is 0 Å². The van der Waals surface area contributed by atoms with Crippen LogP contribution in [0, 0.1) is 0 Å². The molecule has 0 spiro atoms. The highest BCUT2D eigenvalue weighted by Gasteiger charge is 2.20. The third-order valence-electron chi connectivity index (χ3n) is 2.81. The number of carboxylic acid groups (broad SMARTS) is 1. The second-order valence-corrected chi connectivity index (χ2v) is 4.40. The molecule has 0 fully saturated rings. The van der Waals surface area contributed by atoms with Gasteiger partial charge in [-0.1, -0.05) is 35.5 Å². The van der Waals surface area contributed by atoms with Gasteiger partial charge in [0, 0.05) is 12.5 Å². The fourth-order valence-corrected chi connectivity index (χ4v) is 1.76. The van der Waals surface area contributed by atoms with E-state index in [2.05, 4.69) is 20.3 Å². The highest BCUT2D eigenvalue weighted by molar-refractivity contribution is 5.82. The number of benzene rings is 1. The first-order chi connectivity index (χ1) is 10.1. The molecule has 2 aromatic rings. The Morgan fingerprint density at radius 2 is 2.00 bits per heavy atom. The molecule has 3 N–H and O–H groups in total. The van der Waals surface area contributed by atoms with Crippen molar-refractivity contribution in [1.29, 1.82) is 0 Å². The number of aromatic nitrogens is 1. The van der Waals surface area contributed by atoms with Crippen LogP contribution in [0.2, 0.25) is 0 Å². The van der Waals surface area contributed by atoms with E-state index in [1.54, 1.807) is 6.07 Å². The molecule has 1 unspecified atom stereocenters. The topological polar surface area (TPSA) is 104 Å². The van der Waals surface area contributed by atoms with Crippen LogP contribution in [-0.4, -0.2) is 28.3 Å². The van der Waals surface area contributed by atoms with Crippen molar-refractivity contribution in [3.63, 3.8) is 0 Å². The summed E-state index contributed by atoms with van der Waals surface area (Å²) in [6, 6.07) is 9.15. The molecule has 0 aliphatic rings. The fraction of sp³-hybridized carbons (Fsp3) is 0.214. The van der Waals surface area contributed by atoms with E-state index in [4.69, 9.17) is 5.11 Å². The lowest BCUT2D eigenvalue weighted by Crippen LogP contribution is -2.46. The van der Waals surface area contributed by atoms with Gasteiger partial charge in [0.1, 0.15) is 18.0 Å². The Labute approximate surface area is 120 Å². The third kappa shape index (κ3) is 4.64. The first kappa shape index (κ1) is 14.6. The SMILES string of the molecule is O=C(NCc1ccon1)NC(Cc1ccccc1)C(=O)O. The quantitative estimate of drug-likeness (QED) is 0.740. The largest absolute Gasteiger partial charge is 0.480 e. The third-order valence-corrected chi connectivity index (χ3v) is 2.81. The van der Waals surface area contributed by atoms with Crippen molar-refractivity contribution in [3.8, 4) is 0 Å². The molecule has 0 bridgehead atoms. The molecule has 0 radical (unpaired) electrons. The Morgan fingerprint density at radius 1 is 1.24 bits per heavy atom. The van der Waals surface area contributed by atoms with Gasteiger partial charge in [-0.25, -0.2) is 9.59 Å². The molecule has 21 heavy (non-hydrogen) atoms. The minimum absolute atomic E-state index is 0.167. The van der Waals surface area contributed by atoms with Crippen molar-refractivity contribution >= 4 is 12.0 Å². The zero-order valence-corrected chi connectivity index (χ0v) is 11.2. The first-order valence-corrected chi connectivity index (χ1v) is 6.35. The Balaban J connectivity index is 1.87. The first-order valence-electron chi connectivity index (χ1n) is 6.35. The molecule has 110 valence electrons. The molecular formula is C14H15N3O4. The van der Waals surface area contributed by atoms with E-state index in [9.17, 15) is 9.59 Å². The van der Waals surface area contributed by atoms with Crippen LogP contribution in [-0.2, 0) is 17.8 Å². The number of urea groups is 1. The molecule has 7 heteroatoms. The van der Waals surface area contributed by atoms with E-state index in [0.717, 1.165) is 5.56 Å². The molecule has 1 aromatic carbocycles. The van der Waals surface area contributed by atoms with E-state index in [1.165, 1.54) is 6.26 Å². The van der Waals surface area contributed by atoms with Gasteiger partial charge in [-0.2, -0.15) is 0 Å². The zero-order chi connectivity index (χ0) is 15.1. The number of rotatable bonds is 6. The molecule has 0 aliphatic heterocycles. The van der Waals surface area contributed by atoms with Crippen LogP contribution in [0.15, 0.2) is 47.2 Å². The molecular weight excluding hydrogens is 274 g/mol. The van der Waals surface area contributed by atoms with E-state index < -0.39 is 18.0 Å². The van der Waals surface area contributed by atoms with Crippen LogP contribution >= 0.6 is 0 Å². The van der Waals surface area contributed by atoms with Crippen molar-refractivity contribution < 1.29 is 19.2 Å². The van der Waals surface area contributed by atoms with Gasteiger partial charge in [0.05, 0.1) is 6.54 Å². The van der Waals surface area contributed by atoms with Crippen LogP contribution in [0.5, 0.6) is 0 Å². The van der Waals surface area contributed by atoms with Crippen molar-refractivity contribution in [1.82, 2.24) is 15.8 Å². The van der Waals surface area contributed by atoms with Crippen LogP contribution in [0.3, 0.4) is 0 Å². The molecule has 1 atom stereocenters. The maximum Gasteiger partial charge on any atom is 0.326 e. The predicted octanol–water partition coefficient (Wildman–Crippen LogP) is 1.17. The minimum atomic E-state index is -1.09. The summed E-state index contributed by atoms with van der Waals surface area (Å²) in [4.78, 5) is 22.9. The smallest absolute Gasteiger partial charge is 0.326 e. The summed E-state index contributed by atoms with van der Waals surface area (Å²) in [5.41, 5.74) is 1.39. The number of nitrogens with zero attached hydrogens (tertiary/aromatic N) is 1. The molecule has 1 aromatic heterocycles. The number of aliphatic carboxylic acids is 1. The van der Waals surface area contributed by atoms with E-state index in [-0.39, 0.29) is 13.0 Å². The summed E-state index contributed by atoms with van der Waals surface area (Å²) < 4.78 is 4.63. The Morgan fingerprint density at radius 3 is 2.62 bits per heavy atom. The van der Waals surface area contributed by atoms with Gasteiger partial charge in [0.15, 0.2) is 0 Å². The second kappa shape index (κ2) is 7.09. The van der Waals surface area contributed by atoms with Gasteiger partial charge >= 0.3 is 12.0 Å². The van der Waals surface area contributed by atoms with Gasteiger partial charge in [0.2, 0.25) is 0 Å². The lowest BCUT2D eigenvalue weighted by Gasteiger charge is -2.15. The molecule has 0 saturated carbocycles. The normalized spacial score (nSPS) is 11.6. The molecule has 7 nitrogen and oxygen atoms in total. The Hall–Kier alpha value is -2.83. The second-order valence-electron chi connectivity index (χ2n) is 4.40. The van der Waals surface area contributed by atoms with Gasteiger partial charge in [-0.15, -0.1) is 0 Å². The number of hydrogen-bond acceptors (Lipinski definition) is 4. The Bertz CT molecular complexity index is 584. The van der Waals surface area contributed by atoms with Crippen molar-refractivity contribution in [2.45, 2.75) is 19.0 Å². The summed E-state index contributed by atoms with van der Waals surface area (Å²) in [7, 11) is 0. The summed E-state index contributed by atoms with van der Waals surface area (Å²) in [6.07, 6.45) is 1.61. The average Bonchev–Trinajstić information content (AvgIpc) is 2.99. The van der Waals surface area contributed by atoms with E-state index in [0.29, 0.717) is 5.69 Å². The predicted molar refractivity (Wildman–Crippen MR) is 73.4 cm³/mol. The van der Waals surface area contributed by atoms with Gasteiger partial charge in [-0.3, -0.25) is 0 Å². The van der Waals surface area contributed by atoms with Crippen LogP contribution in [0.4, 0.5) is 4.79 Å². The lowest BCUT2D eigenvalue weighted by atomic mass is 10.1. The van der Waals surface area contributed by atoms with Crippen molar-refractivity contribution in [3.05, 3.63) is 53.9 Å². The maximum atomic E-state index is 11.7. The number of carboxylic acids is 1. The molecule has 2 rings (SSSR count). The van der Waals surface area contributed by atoms with Crippen molar-refractivity contribution in [2.24, 2.45) is 0 Å². The molecule has 0 saturated heterocycles. The highest BCUT2D eigenvalue weighted by Crippen LogP contribution is 2.03. The van der Waals surface area contributed by atoms with Gasteiger partial charge in [0.25, 0.3) is 0 Å². The minimum Gasteiger partial charge on any atom is -0.480 e. The summed E-state index contributed by atoms with van der Waals surface area (Å²) in [5.74, 6) is -1.09. The van der Waals surface area contributed by atoms with Gasteiger partial charge < -0.3 is 20.3 Å². The number of nitrogens with one attached hydrogen (secondary N) is 2. The van der Waals surface area contributed by atoms with Crippen molar-refractivity contribution in [2.75, 3.05) is 0 Å². The maximum absolute atomic E-state index is 11.7. The molecule has 0 aliphatic carbocycles. The molecule has 2 amide bonds. The van der Waals surface area contributed by atoms with Crippen LogP contribution < -0.4 is 10.6 Å². The number of carbonyl (C=O) groups is 2. The van der Waals surface area contributed by atoms with Crippen LogP contribution in [0.1, 0.15) is 11.3 Å². The highest BCUT2D eigenvalue weighted by atomic mass is 16.5. The van der Waals surface area contributed by atoms with Crippen LogP contribution in [0.25, 0.3) is 0 Å².